The van der Waals surface area contributed by atoms with Gasteiger partial charge < -0.3 is 10.2 Å². The van der Waals surface area contributed by atoms with Crippen LogP contribution in [-0.4, -0.2) is 73.9 Å². The van der Waals surface area contributed by atoms with Crippen molar-refractivity contribution < 1.29 is 22.8 Å². The van der Waals surface area contributed by atoms with Crippen LogP contribution in [0.2, 0.25) is 0 Å². The molecule has 2 fully saturated rings. The monoisotopic (exact) mass is 576 g/mol. The number of rotatable bonds is 8. The molecular weight excluding hydrogens is 548 g/mol. The predicted molar refractivity (Wildman–Crippen MR) is 155 cm³/mol. The molecule has 5 rings (SSSR count). The number of nitrogens with one attached hydrogen (secondary N) is 1. The standard InChI is InChI=1S/C29H28N4O5S2/c34-27(30-14-15-33-28(35)26(39-29(33)36)20-22-8-3-1-4-9-22)23-10-7-13-25(21-23)40(37,38)32-18-16-31(17-19-32)24-11-5-2-6-12-24/h1-13,20-21H,14-19H2,(H,30,34)/b26-20+. The second-order valence-electron chi connectivity index (χ2n) is 9.25. The fraction of sp³-hybridized carbons (Fsp3) is 0.207. The molecule has 2 aliphatic rings. The molecule has 3 amide bonds. The quantitative estimate of drug-likeness (QED) is 0.408. The van der Waals surface area contributed by atoms with Crippen LogP contribution in [0, 0.1) is 0 Å². The van der Waals surface area contributed by atoms with Crippen molar-refractivity contribution in [3.8, 4) is 0 Å². The van der Waals surface area contributed by atoms with Crippen LogP contribution in [0.1, 0.15) is 15.9 Å². The maximum Gasteiger partial charge on any atom is 0.293 e. The number of sulfonamides is 1. The predicted octanol–water partition coefficient (Wildman–Crippen LogP) is 3.66. The van der Waals surface area contributed by atoms with Crippen LogP contribution in [-0.2, 0) is 14.8 Å². The topological polar surface area (TPSA) is 107 Å². The molecule has 0 atom stereocenters. The molecule has 2 saturated heterocycles. The Balaban J connectivity index is 1.17. The van der Waals surface area contributed by atoms with E-state index in [9.17, 15) is 22.8 Å². The van der Waals surface area contributed by atoms with Crippen molar-refractivity contribution in [3.05, 3.63) is 101 Å². The molecule has 2 aliphatic heterocycles. The zero-order chi connectivity index (χ0) is 28.1. The van der Waals surface area contributed by atoms with Crippen LogP contribution in [0.15, 0.2) is 94.7 Å². The molecule has 0 unspecified atom stereocenters. The zero-order valence-corrected chi connectivity index (χ0v) is 23.2. The van der Waals surface area contributed by atoms with Crippen LogP contribution in [0.5, 0.6) is 0 Å². The molecule has 0 spiro atoms. The minimum Gasteiger partial charge on any atom is -0.369 e. The van der Waals surface area contributed by atoms with E-state index in [-0.39, 0.29) is 23.5 Å². The lowest BCUT2D eigenvalue weighted by atomic mass is 10.2. The Morgan fingerprint density at radius 3 is 2.25 bits per heavy atom. The molecular formula is C29H28N4O5S2. The first-order valence-corrected chi connectivity index (χ1v) is 15.1. The number of imide groups is 1. The van der Waals surface area contributed by atoms with E-state index in [1.807, 2.05) is 60.7 Å². The van der Waals surface area contributed by atoms with E-state index in [0.717, 1.165) is 27.9 Å². The van der Waals surface area contributed by atoms with Crippen LogP contribution < -0.4 is 10.2 Å². The number of piperazine rings is 1. The van der Waals surface area contributed by atoms with E-state index in [1.54, 1.807) is 6.08 Å². The molecule has 0 aromatic heterocycles. The van der Waals surface area contributed by atoms with Gasteiger partial charge in [-0.2, -0.15) is 4.31 Å². The van der Waals surface area contributed by atoms with Crippen LogP contribution in [0.3, 0.4) is 0 Å². The number of para-hydroxylation sites is 1. The third-order valence-electron chi connectivity index (χ3n) is 6.69. The van der Waals surface area contributed by atoms with Gasteiger partial charge in [0.25, 0.3) is 17.1 Å². The van der Waals surface area contributed by atoms with E-state index < -0.39 is 27.1 Å². The third kappa shape index (κ3) is 6.11. The summed E-state index contributed by atoms with van der Waals surface area (Å²) >= 11 is 0.860. The number of amides is 3. The van der Waals surface area contributed by atoms with Gasteiger partial charge in [-0.05, 0) is 53.7 Å². The van der Waals surface area contributed by atoms with Gasteiger partial charge in [-0.1, -0.05) is 54.6 Å². The Bertz CT molecular complexity index is 1540. The number of anilines is 1. The average molecular weight is 577 g/mol. The lowest BCUT2D eigenvalue weighted by Crippen LogP contribution is -2.48. The van der Waals surface area contributed by atoms with Crippen molar-refractivity contribution in [1.29, 1.82) is 0 Å². The Morgan fingerprint density at radius 2 is 1.55 bits per heavy atom. The van der Waals surface area contributed by atoms with E-state index in [1.165, 1.54) is 28.6 Å². The highest BCUT2D eigenvalue weighted by Crippen LogP contribution is 2.31. The van der Waals surface area contributed by atoms with Gasteiger partial charge in [0.05, 0.1) is 9.80 Å². The molecule has 0 bridgehead atoms. The molecule has 1 N–H and O–H groups in total. The van der Waals surface area contributed by atoms with Crippen molar-refractivity contribution in [1.82, 2.24) is 14.5 Å². The van der Waals surface area contributed by atoms with Gasteiger partial charge in [0.1, 0.15) is 0 Å². The van der Waals surface area contributed by atoms with Crippen molar-refractivity contribution in [2.24, 2.45) is 0 Å². The summed E-state index contributed by atoms with van der Waals surface area (Å²) in [7, 11) is -3.78. The van der Waals surface area contributed by atoms with Gasteiger partial charge in [0.15, 0.2) is 0 Å². The van der Waals surface area contributed by atoms with E-state index in [0.29, 0.717) is 31.1 Å². The highest BCUT2D eigenvalue weighted by Gasteiger charge is 2.35. The fourth-order valence-electron chi connectivity index (χ4n) is 4.55. The number of thioether (sulfide) groups is 1. The molecule has 3 aromatic rings. The molecule has 0 radical (unpaired) electrons. The van der Waals surface area contributed by atoms with Crippen molar-refractivity contribution >= 4 is 50.6 Å². The normalized spacial score (nSPS) is 17.4. The van der Waals surface area contributed by atoms with E-state index >= 15 is 0 Å². The molecule has 11 heteroatoms. The molecule has 3 aromatic carbocycles. The van der Waals surface area contributed by atoms with Gasteiger partial charge in [-0.25, -0.2) is 8.42 Å². The molecule has 0 aliphatic carbocycles. The van der Waals surface area contributed by atoms with Crippen LogP contribution in [0.25, 0.3) is 6.08 Å². The largest absolute Gasteiger partial charge is 0.369 e. The Hall–Kier alpha value is -3.93. The summed E-state index contributed by atoms with van der Waals surface area (Å²) in [5, 5.41) is 2.28. The summed E-state index contributed by atoms with van der Waals surface area (Å²) in [6, 6.07) is 25.0. The first-order chi connectivity index (χ1) is 19.3. The van der Waals surface area contributed by atoms with Gasteiger partial charge in [-0.15, -0.1) is 0 Å². The van der Waals surface area contributed by atoms with Crippen molar-refractivity contribution in [2.45, 2.75) is 4.90 Å². The SMILES string of the molecule is O=C(NCCN1C(=O)S/C(=C/c2ccccc2)C1=O)c1cccc(S(=O)(=O)N2CCN(c3ccccc3)CC2)c1. The number of hydrogen-bond donors (Lipinski definition) is 1. The van der Waals surface area contributed by atoms with Crippen molar-refractivity contribution in [3.63, 3.8) is 0 Å². The maximum atomic E-state index is 13.3. The lowest BCUT2D eigenvalue weighted by Gasteiger charge is -2.35. The second-order valence-corrected chi connectivity index (χ2v) is 12.2. The zero-order valence-electron chi connectivity index (χ0n) is 21.6. The fourth-order valence-corrected chi connectivity index (χ4v) is 6.88. The lowest BCUT2D eigenvalue weighted by molar-refractivity contribution is -0.122. The summed E-state index contributed by atoms with van der Waals surface area (Å²) in [6.45, 7) is 1.85. The summed E-state index contributed by atoms with van der Waals surface area (Å²) in [6.07, 6.45) is 1.66. The number of nitrogens with zero attached hydrogens (tertiary/aromatic N) is 3. The van der Waals surface area contributed by atoms with Gasteiger partial charge in [0, 0.05) is 50.5 Å². The first kappa shape index (κ1) is 27.6. The summed E-state index contributed by atoms with van der Waals surface area (Å²) in [5.41, 5.74) is 2.05. The average Bonchev–Trinajstić information content (AvgIpc) is 3.25. The highest BCUT2D eigenvalue weighted by molar-refractivity contribution is 8.18. The third-order valence-corrected chi connectivity index (χ3v) is 9.49. The Labute approximate surface area is 237 Å². The minimum atomic E-state index is -3.78. The van der Waals surface area contributed by atoms with E-state index in [2.05, 4.69) is 10.2 Å². The molecule has 2 heterocycles. The number of carbonyl (C=O) groups is 3. The number of hydrogen-bond acceptors (Lipinski definition) is 7. The van der Waals surface area contributed by atoms with Gasteiger partial charge in [0.2, 0.25) is 10.0 Å². The van der Waals surface area contributed by atoms with Gasteiger partial charge >= 0.3 is 0 Å². The van der Waals surface area contributed by atoms with Crippen LogP contribution in [0.4, 0.5) is 10.5 Å². The molecule has 9 nitrogen and oxygen atoms in total. The van der Waals surface area contributed by atoms with Crippen LogP contribution >= 0.6 is 11.8 Å². The van der Waals surface area contributed by atoms with E-state index in [4.69, 9.17) is 0 Å². The highest BCUT2D eigenvalue weighted by atomic mass is 32.2. The maximum absolute atomic E-state index is 13.3. The number of benzene rings is 3. The summed E-state index contributed by atoms with van der Waals surface area (Å²) in [5.74, 6) is -0.897. The minimum absolute atomic E-state index is 0.00617. The first-order valence-electron chi connectivity index (χ1n) is 12.8. The number of carbonyl (C=O) groups excluding carboxylic acids is 3. The molecule has 0 saturated carbocycles. The molecule has 206 valence electrons. The Morgan fingerprint density at radius 1 is 0.875 bits per heavy atom. The molecule has 40 heavy (non-hydrogen) atoms. The summed E-state index contributed by atoms with van der Waals surface area (Å²) < 4.78 is 28.1. The summed E-state index contributed by atoms with van der Waals surface area (Å²) in [4.78, 5) is 41.5. The second kappa shape index (κ2) is 12.1. The van der Waals surface area contributed by atoms with Gasteiger partial charge in [-0.3, -0.25) is 19.3 Å². The smallest absolute Gasteiger partial charge is 0.293 e. The van der Waals surface area contributed by atoms with Crippen molar-refractivity contribution in [2.75, 3.05) is 44.2 Å². The Kier molecular flexibility index (Phi) is 8.34.